The molecule has 16 heavy (non-hydrogen) atoms. The molecule has 0 aliphatic rings. The molecule has 0 atom stereocenters. The molecule has 1 aromatic carbocycles. The highest BCUT2D eigenvalue weighted by atomic mass is 35.5. The maximum atomic E-state index is 11.3. The van der Waals surface area contributed by atoms with E-state index in [4.69, 9.17) is 21.6 Å². The first-order valence-electron chi connectivity index (χ1n) is 4.93. The van der Waals surface area contributed by atoms with E-state index in [0.717, 1.165) is 5.56 Å². The van der Waals surface area contributed by atoms with E-state index in [0.29, 0.717) is 22.8 Å². The largest absolute Gasteiger partial charge is 0.466 e. The van der Waals surface area contributed by atoms with Gasteiger partial charge in [0.2, 0.25) is 0 Å². The van der Waals surface area contributed by atoms with Crippen LogP contribution in [0.25, 0.3) is 0 Å². The van der Waals surface area contributed by atoms with E-state index < -0.39 is 0 Å². The minimum absolute atomic E-state index is 0.0801. The lowest BCUT2D eigenvalue weighted by molar-refractivity contribution is -0.142. The number of benzene rings is 1. The number of hydrogen-bond donors (Lipinski definition) is 0. The van der Waals surface area contributed by atoms with Crippen molar-refractivity contribution in [2.45, 2.75) is 20.3 Å². The Morgan fingerprint density at radius 3 is 2.81 bits per heavy atom. The quantitative estimate of drug-likeness (QED) is 0.760. The summed E-state index contributed by atoms with van der Waals surface area (Å²) >= 11 is 5.98. The second-order valence-corrected chi connectivity index (χ2v) is 3.70. The van der Waals surface area contributed by atoms with Gasteiger partial charge in [-0.15, -0.1) is 0 Å². The first-order valence-corrected chi connectivity index (χ1v) is 5.31. The maximum Gasteiger partial charge on any atom is 0.310 e. The molecule has 0 N–H and O–H groups in total. The number of halogens is 1. The van der Waals surface area contributed by atoms with Gasteiger partial charge in [0.1, 0.15) is 6.07 Å². The van der Waals surface area contributed by atoms with Crippen LogP contribution >= 0.6 is 11.6 Å². The number of nitriles is 1. The monoisotopic (exact) mass is 237 g/mol. The van der Waals surface area contributed by atoms with E-state index in [1.807, 2.05) is 13.0 Å². The number of carbonyl (C=O) groups is 1. The van der Waals surface area contributed by atoms with Crippen molar-refractivity contribution in [3.05, 3.63) is 33.8 Å². The highest BCUT2D eigenvalue weighted by Crippen LogP contribution is 2.23. The predicted octanol–water partition coefficient (Wildman–Crippen LogP) is 2.63. The number of nitrogens with zero attached hydrogens (tertiary/aromatic N) is 1. The Morgan fingerprint density at radius 2 is 2.25 bits per heavy atom. The van der Waals surface area contributed by atoms with E-state index in [9.17, 15) is 4.79 Å². The normalized spacial score (nSPS) is 9.62. The Labute approximate surface area is 99.6 Å². The van der Waals surface area contributed by atoms with Gasteiger partial charge in [-0.1, -0.05) is 23.7 Å². The van der Waals surface area contributed by atoms with E-state index in [2.05, 4.69) is 0 Å². The van der Waals surface area contributed by atoms with Crippen LogP contribution in [0.2, 0.25) is 5.02 Å². The lowest BCUT2D eigenvalue weighted by Gasteiger charge is -2.07. The molecule has 84 valence electrons. The molecule has 1 rings (SSSR count). The summed E-state index contributed by atoms with van der Waals surface area (Å²) in [6.45, 7) is 3.89. The predicted molar refractivity (Wildman–Crippen MR) is 61.2 cm³/mol. The highest BCUT2D eigenvalue weighted by molar-refractivity contribution is 6.32. The number of esters is 1. The van der Waals surface area contributed by atoms with Crippen molar-refractivity contribution < 1.29 is 9.53 Å². The summed E-state index contributed by atoms with van der Waals surface area (Å²) in [5.74, 6) is -0.348. The van der Waals surface area contributed by atoms with Crippen molar-refractivity contribution in [1.82, 2.24) is 0 Å². The lowest BCUT2D eigenvalue weighted by atomic mass is 10.0. The molecule has 1 aromatic rings. The minimum atomic E-state index is -0.348. The van der Waals surface area contributed by atoms with Crippen LogP contribution in [0, 0.1) is 18.3 Å². The van der Waals surface area contributed by atoms with Gasteiger partial charge < -0.3 is 4.74 Å². The molecule has 0 aliphatic heterocycles. The summed E-state index contributed by atoms with van der Waals surface area (Å²) in [6, 6.07) is 5.53. The van der Waals surface area contributed by atoms with Crippen molar-refractivity contribution in [3.63, 3.8) is 0 Å². The van der Waals surface area contributed by atoms with Crippen LogP contribution in [0.3, 0.4) is 0 Å². The summed E-state index contributed by atoms with van der Waals surface area (Å²) in [5, 5.41) is 9.39. The van der Waals surface area contributed by atoms with Crippen molar-refractivity contribution in [2.24, 2.45) is 0 Å². The Hall–Kier alpha value is -1.53. The number of hydrogen-bond acceptors (Lipinski definition) is 3. The highest BCUT2D eigenvalue weighted by Gasteiger charge is 2.12. The summed E-state index contributed by atoms with van der Waals surface area (Å²) < 4.78 is 4.82. The van der Waals surface area contributed by atoms with Crippen LogP contribution < -0.4 is 0 Å². The Morgan fingerprint density at radius 1 is 1.56 bits per heavy atom. The Balaban J connectivity index is 3.02. The van der Waals surface area contributed by atoms with Gasteiger partial charge in [0.25, 0.3) is 0 Å². The SMILES string of the molecule is CCOC(=O)Cc1ccc(C)c(Cl)c1C#N. The van der Waals surface area contributed by atoms with Crippen LogP contribution in [0.4, 0.5) is 0 Å². The zero-order chi connectivity index (χ0) is 12.1. The van der Waals surface area contributed by atoms with Gasteiger partial charge in [-0.2, -0.15) is 5.26 Å². The third-order valence-corrected chi connectivity index (χ3v) is 2.66. The second-order valence-electron chi connectivity index (χ2n) is 3.32. The van der Waals surface area contributed by atoms with Gasteiger partial charge in [0, 0.05) is 0 Å². The fraction of sp³-hybridized carbons (Fsp3) is 0.333. The second kappa shape index (κ2) is 5.53. The first kappa shape index (κ1) is 12.5. The van der Waals surface area contributed by atoms with Crippen LogP contribution in [0.5, 0.6) is 0 Å². The standard InChI is InChI=1S/C12H12ClNO2/c1-3-16-11(15)6-9-5-4-8(2)12(13)10(9)7-14/h4-5H,3,6H2,1-2H3. The zero-order valence-electron chi connectivity index (χ0n) is 9.21. The molecule has 0 aliphatic carbocycles. The van der Waals surface area contributed by atoms with Crippen molar-refractivity contribution in [3.8, 4) is 6.07 Å². The van der Waals surface area contributed by atoms with Gasteiger partial charge in [0.05, 0.1) is 23.6 Å². The summed E-state index contributed by atoms with van der Waals surface area (Å²) in [5.41, 5.74) is 1.79. The van der Waals surface area contributed by atoms with E-state index in [-0.39, 0.29) is 12.4 Å². The summed E-state index contributed by atoms with van der Waals surface area (Å²) in [6.07, 6.45) is 0.0801. The van der Waals surface area contributed by atoms with E-state index in [1.54, 1.807) is 19.1 Å². The molecule has 0 bridgehead atoms. The third-order valence-electron chi connectivity index (χ3n) is 2.17. The molecule has 3 nitrogen and oxygen atoms in total. The maximum absolute atomic E-state index is 11.3. The Kier molecular flexibility index (Phi) is 4.33. The molecule has 0 saturated carbocycles. The lowest BCUT2D eigenvalue weighted by Crippen LogP contribution is -2.09. The van der Waals surface area contributed by atoms with Crippen molar-refractivity contribution in [2.75, 3.05) is 6.61 Å². The molecule has 0 amide bonds. The molecule has 0 unspecified atom stereocenters. The van der Waals surface area contributed by atoms with Crippen LogP contribution in [0.15, 0.2) is 12.1 Å². The van der Waals surface area contributed by atoms with Gasteiger partial charge in [-0.05, 0) is 25.0 Å². The molecule has 0 radical (unpaired) electrons. The van der Waals surface area contributed by atoms with E-state index in [1.165, 1.54) is 0 Å². The molecule has 0 heterocycles. The number of carbonyl (C=O) groups excluding carboxylic acids is 1. The van der Waals surface area contributed by atoms with Crippen molar-refractivity contribution >= 4 is 17.6 Å². The summed E-state index contributed by atoms with van der Waals surface area (Å²) in [7, 11) is 0. The number of aryl methyl sites for hydroxylation is 1. The minimum Gasteiger partial charge on any atom is -0.466 e. The number of rotatable bonds is 3. The van der Waals surface area contributed by atoms with Crippen LogP contribution in [0.1, 0.15) is 23.6 Å². The molecule has 0 spiro atoms. The summed E-state index contributed by atoms with van der Waals surface area (Å²) in [4.78, 5) is 11.3. The molecular weight excluding hydrogens is 226 g/mol. The van der Waals surface area contributed by atoms with Crippen LogP contribution in [-0.4, -0.2) is 12.6 Å². The smallest absolute Gasteiger partial charge is 0.310 e. The van der Waals surface area contributed by atoms with Crippen molar-refractivity contribution in [1.29, 1.82) is 5.26 Å². The third kappa shape index (κ3) is 2.74. The van der Waals surface area contributed by atoms with E-state index >= 15 is 0 Å². The van der Waals surface area contributed by atoms with Crippen LogP contribution in [-0.2, 0) is 16.0 Å². The topological polar surface area (TPSA) is 50.1 Å². The zero-order valence-corrected chi connectivity index (χ0v) is 9.97. The number of ether oxygens (including phenoxy) is 1. The molecular formula is C12H12ClNO2. The first-order chi connectivity index (χ1) is 7.60. The fourth-order valence-electron chi connectivity index (χ4n) is 1.36. The molecule has 4 heteroatoms. The average Bonchev–Trinajstić information content (AvgIpc) is 2.24. The van der Waals surface area contributed by atoms with Gasteiger partial charge in [-0.25, -0.2) is 0 Å². The fourth-order valence-corrected chi connectivity index (χ4v) is 1.58. The van der Waals surface area contributed by atoms with Gasteiger partial charge in [-0.3, -0.25) is 4.79 Å². The van der Waals surface area contributed by atoms with Gasteiger partial charge >= 0.3 is 5.97 Å². The Bertz CT molecular complexity index is 449. The van der Waals surface area contributed by atoms with Gasteiger partial charge in [0.15, 0.2) is 0 Å². The molecule has 0 saturated heterocycles. The molecule has 0 fully saturated rings. The molecule has 0 aromatic heterocycles. The average molecular weight is 238 g/mol.